The SMILES string of the molecule is CC(C)(C)[C@H](N)c1ccc(Cl)cc1F.Cl. The van der Waals surface area contributed by atoms with Gasteiger partial charge >= 0.3 is 0 Å². The first-order chi connectivity index (χ1) is 6.32. The molecule has 0 heterocycles. The van der Waals surface area contributed by atoms with Crippen molar-refractivity contribution < 1.29 is 4.39 Å². The van der Waals surface area contributed by atoms with Crippen LogP contribution < -0.4 is 5.73 Å². The van der Waals surface area contributed by atoms with Crippen LogP contribution in [0.4, 0.5) is 4.39 Å². The summed E-state index contributed by atoms with van der Waals surface area (Å²) in [4.78, 5) is 0. The van der Waals surface area contributed by atoms with E-state index in [4.69, 9.17) is 17.3 Å². The van der Waals surface area contributed by atoms with E-state index in [-0.39, 0.29) is 29.7 Å². The van der Waals surface area contributed by atoms with Gasteiger partial charge in [-0.2, -0.15) is 0 Å². The summed E-state index contributed by atoms with van der Waals surface area (Å²) in [7, 11) is 0. The van der Waals surface area contributed by atoms with E-state index in [2.05, 4.69) is 0 Å². The third-order valence-corrected chi connectivity index (χ3v) is 2.47. The molecule has 0 fully saturated rings. The van der Waals surface area contributed by atoms with Gasteiger partial charge in [-0.3, -0.25) is 0 Å². The third-order valence-electron chi connectivity index (χ3n) is 2.23. The molecule has 0 saturated carbocycles. The predicted molar refractivity (Wildman–Crippen MR) is 65.0 cm³/mol. The second-order valence-corrected chi connectivity index (χ2v) is 4.95. The van der Waals surface area contributed by atoms with Crippen molar-refractivity contribution in [3.05, 3.63) is 34.6 Å². The summed E-state index contributed by atoms with van der Waals surface area (Å²) in [5.74, 6) is -0.333. The maximum absolute atomic E-state index is 13.5. The molecule has 0 aliphatic carbocycles. The number of nitrogens with two attached hydrogens (primary N) is 1. The van der Waals surface area contributed by atoms with Crippen LogP contribution in [-0.4, -0.2) is 0 Å². The Hall–Kier alpha value is -0.310. The first-order valence-corrected chi connectivity index (χ1v) is 4.90. The highest BCUT2D eigenvalue weighted by Crippen LogP contribution is 2.32. The molecule has 0 bridgehead atoms. The number of hydrogen-bond donors (Lipinski definition) is 1. The van der Waals surface area contributed by atoms with Crippen LogP contribution in [0.3, 0.4) is 0 Å². The molecule has 1 nitrogen and oxygen atoms in total. The zero-order valence-electron chi connectivity index (χ0n) is 9.05. The van der Waals surface area contributed by atoms with Crippen LogP contribution in [0.25, 0.3) is 0 Å². The third kappa shape index (κ3) is 3.63. The Balaban J connectivity index is 0.00000196. The van der Waals surface area contributed by atoms with Crippen molar-refractivity contribution in [2.45, 2.75) is 26.8 Å². The molecule has 2 N–H and O–H groups in total. The Morgan fingerprint density at radius 3 is 2.27 bits per heavy atom. The monoisotopic (exact) mass is 251 g/mol. The molecule has 0 aliphatic heterocycles. The fraction of sp³-hybridized carbons (Fsp3) is 0.455. The van der Waals surface area contributed by atoms with Gasteiger partial charge in [0.2, 0.25) is 0 Å². The Bertz CT molecular complexity index is 334. The molecule has 15 heavy (non-hydrogen) atoms. The van der Waals surface area contributed by atoms with Gasteiger partial charge in [-0.05, 0) is 17.5 Å². The molecule has 0 aliphatic rings. The minimum absolute atomic E-state index is 0. The van der Waals surface area contributed by atoms with E-state index in [9.17, 15) is 4.39 Å². The minimum atomic E-state index is -0.333. The zero-order chi connectivity index (χ0) is 10.9. The Morgan fingerprint density at radius 2 is 1.87 bits per heavy atom. The average Bonchev–Trinajstić information content (AvgIpc) is 2.01. The van der Waals surface area contributed by atoms with Crippen molar-refractivity contribution in [3.63, 3.8) is 0 Å². The van der Waals surface area contributed by atoms with Gasteiger partial charge in [-0.25, -0.2) is 4.39 Å². The van der Waals surface area contributed by atoms with E-state index in [1.54, 1.807) is 12.1 Å². The number of benzene rings is 1. The lowest BCUT2D eigenvalue weighted by Gasteiger charge is -2.27. The molecular weight excluding hydrogens is 236 g/mol. The topological polar surface area (TPSA) is 26.0 Å². The molecule has 1 aromatic carbocycles. The highest BCUT2D eigenvalue weighted by atomic mass is 35.5. The van der Waals surface area contributed by atoms with Gasteiger partial charge in [-0.1, -0.05) is 38.4 Å². The van der Waals surface area contributed by atoms with Gasteiger partial charge < -0.3 is 5.73 Å². The molecule has 1 atom stereocenters. The van der Waals surface area contributed by atoms with Crippen molar-refractivity contribution in [2.24, 2.45) is 11.1 Å². The Kier molecular flexibility index (Phi) is 5.04. The smallest absolute Gasteiger partial charge is 0.129 e. The molecule has 0 aromatic heterocycles. The molecule has 1 aromatic rings. The lowest BCUT2D eigenvalue weighted by Crippen LogP contribution is -2.27. The summed E-state index contributed by atoms with van der Waals surface area (Å²) in [6, 6.07) is 4.28. The van der Waals surface area contributed by atoms with Crippen LogP contribution in [0.5, 0.6) is 0 Å². The van der Waals surface area contributed by atoms with E-state index in [0.29, 0.717) is 10.6 Å². The predicted octanol–water partition coefficient (Wildman–Crippen LogP) is 3.95. The van der Waals surface area contributed by atoms with Gasteiger partial charge in [0.25, 0.3) is 0 Å². The van der Waals surface area contributed by atoms with Crippen molar-refractivity contribution in [1.29, 1.82) is 0 Å². The second-order valence-electron chi connectivity index (χ2n) is 4.51. The minimum Gasteiger partial charge on any atom is -0.323 e. The lowest BCUT2D eigenvalue weighted by molar-refractivity contribution is 0.319. The Morgan fingerprint density at radius 1 is 1.33 bits per heavy atom. The van der Waals surface area contributed by atoms with E-state index >= 15 is 0 Å². The van der Waals surface area contributed by atoms with Crippen LogP contribution in [0.2, 0.25) is 5.02 Å². The summed E-state index contributed by atoms with van der Waals surface area (Å²) in [5.41, 5.74) is 6.30. The zero-order valence-corrected chi connectivity index (χ0v) is 10.6. The molecule has 4 heteroatoms. The van der Waals surface area contributed by atoms with Gasteiger partial charge in [-0.15, -0.1) is 12.4 Å². The number of hydrogen-bond acceptors (Lipinski definition) is 1. The fourth-order valence-corrected chi connectivity index (χ4v) is 1.38. The number of halogens is 3. The Labute approximate surface area is 101 Å². The molecule has 0 saturated heterocycles. The van der Waals surface area contributed by atoms with Gasteiger partial charge in [0, 0.05) is 16.6 Å². The molecule has 0 spiro atoms. The summed E-state index contributed by atoms with van der Waals surface area (Å²) < 4.78 is 13.5. The summed E-state index contributed by atoms with van der Waals surface area (Å²) >= 11 is 5.66. The van der Waals surface area contributed by atoms with Crippen LogP contribution >= 0.6 is 24.0 Å². The van der Waals surface area contributed by atoms with E-state index in [0.717, 1.165) is 0 Å². The maximum atomic E-state index is 13.5. The first kappa shape index (κ1) is 14.7. The van der Waals surface area contributed by atoms with Gasteiger partial charge in [0.15, 0.2) is 0 Å². The molecule has 86 valence electrons. The maximum Gasteiger partial charge on any atom is 0.129 e. The normalized spacial score (nSPS) is 13.2. The molecule has 0 amide bonds. The lowest BCUT2D eigenvalue weighted by atomic mass is 9.83. The summed E-state index contributed by atoms with van der Waals surface area (Å²) in [6.07, 6.45) is 0. The first-order valence-electron chi connectivity index (χ1n) is 4.53. The summed E-state index contributed by atoms with van der Waals surface area (Å²) in [6.45, 7) is 5.93. The van der Waals surface area contributed by atoms with E-state index in [1.165, 1.54) is 6.07 Å². The van der Waals surface area contributed by atoms with Gasteiger partial charge in [0.05, 0.1) is 0 Å². The highest BCUT2D eigenvalue weighted by molar-refractivity contribution is 6.30. The van der Waals surface area contributed by atoms with E-state index < -0.39 is 0 Å². The second kappa shape index (κ2) is 5.15. The van der Waals surface area contributed by atoms with Crippen molar-refractivity contribution in [1.82, 2.24) is 0 Å². The molecular formula is C11H16Cl2FN. The molecule has 1 rings (SSSR count). The summed E-state index contributed by atoms with van der Waals surface area (Å²) in [5, 5.41) is 0.396. The quantitative estimate of drug-likeness (QED) is 0.804. The van der Waals surface area contributed by atoms with Gasteiger partial charge in [0.1, 0.15) is 5.82 Å². The highest BCUT2D eigenvalue weighted by Gasteiger charge is 2.24. The average molecular weight is 252 g/mol. The standard InChI is InChI=1S/C11H15ClFN.ClH/c1-11(2,3)10(14)8-5-4-7(12)6-9(8)13;/h4-6,10H,14H2,1-3H3;1H/t10-;/m1./s1. The van der Waals surface area contributed by atoms with Crippen molar-refractivity contribution >= 4 is 24.0 Å². The van der Waals surface area contributed by atoms with Crippen LogP contribution in [0, 0.1) is 11.2 Å². The van der Waals surface area contributed by atoms with Crippen LogP contribution in [0.1, 0.15) is 32.4 Å². The molecule has 0 radical (unpaired) electrons. The van der Waals surface area contributed by atoms with Crippen molar-refractivity contribution in [2.75, 3.05) is 0 Å². The number of rotatable bonds is 1. The van der Waals surface area contributed by atoms with E-state index in [1.807, 2.05) is 20.8 Å². The van der Waals surface area contributed by atoms with Crippen molar-refractivity contribution in [3.8, 4) is 0 Å². The molecule has 0 unspecified atom stereocenters. The fourth-order valence-electron chi connectivity index (χ4n) is 1.22. The van der Waals surface area contributed by atoms with Crippen LogP contribution in [0.15, 0.2) is 18.2 Å². The largest absolute Gasteiger partial charge is 0.323 e. The van der Waals surface area contributed by atoms with Crippen LogP contribution in [-0.2, 0) is 0 Å².